The van der Waals surface area contributed by atoms with E-state index in [1.165, 1.54) is 0 Å². The summed E-state index contributed by atoms with van der Waals surface area (Å²) in [5, 5.41) is 3.36. The molecule has 1 aromatic heterocycles. The zero-order valence-corrected chi connectivity index (χ0v) is 11.8. The molecule has 1 heterocycles. The quantitative estimate of drug-likeness (QED) is 0.940. The summed E-state index contributed by atoms with van der Waals surface area (Å²) in [7, 11) is 1.65. The molecule has 0 saturated heterocycles. The van der Waals surface area contributed by atoms with Crippen molar-refractivity contribution in [2.75, 3.05) is 12.4 Å². The molecule has 0 bridgehead atoms. The Labute approximate surface area is 115 Å². The molecule has 2 rings (SSSR count). The van der Waals surface area contributed by atoms with E-state index in [0.717, 1.165) is 21.6 Å². The summed E-state index contributed by atoms with van der Waals surface area (Å²) < 4.78 is 6.19. The van der Waals surface area contributed by atoms with Crippen molar-refractivity contribution < 1.29 is 4.74 Å². The van der Waals surface area contributed by atoms with Gasteiger partial charge in [0, 0.05) is 28.6 Å². The fourth-order valence-electron chi connectivity index (χ4n) is 1.62. The lowest BCUT2D eigenvalue weighted by Crippen LogP contribution is -2.08. The van der Waals surface area contributed by atoms with Gasteiger partial charge in [-0.3, -0.25) is 9.97 Å². The van der Waals surface area contributed by atoms with Crippen LogP contribution in [0, 0.1) is 0 Å². The van der Waals surface area contributed by atoms with Gasteiger partial charge in [0.1, 0.15) is 5.75 Å². The highest BCUT2D eigenvalue weighted by molar-refractivity contribution is 9.10. The highest BCUT2D eigenvalue weighted by Gasteiger charge is 2.07. The minimum absolute atomic E-state index is 0.0812. The molecule has 1 N–H and O–H groups in total. The van der Waals surface area contributed by atoms with Crippen molar-refractivity contribution in [2.24, 2.45) is 0 Å². The molecule has 0 fully saturated rings. The van der Waals surface area contributed by atoms with Crippen LogP contribution in [0.25, 0.3) is 0 Å². The van der Waals surface area contributed by atoms with Crippen LogP contribution in [0.2, 0.25) is 0 Å². The molecule has 0 spiro atoms. The average Bonchev–Trinajstić information content (AvgIpc) is 2.39. The van der Waals surface area contributed by atoms with Crippen LogP contribution in [-0.4, -0.2) is 17.1 Å². The molecular weight excluding hydrogens is 294 g/mol. The minimum Gasteiger partial charge on any atom is -0.497 e. The highest BCUT2D eigenvalue weighted by atomic mass is 79.9. The second kappa shape index (κ2) is 5.82. The molecule has 0 aliphatic rings. The van der Waals surface area contributed by atoms with Gasteiger partial charge in [0.25, 0.3) is 0 Å². The van der Waals surface area contributed by atoms with Crippen molar-refractivity contribution in [3.63, 3.8) is 0 Å². The molecule has 1 aromatic carbocycles. The average molecular weight is 308 g/mol. The van der Waals surface area contributed by atoms with Crippen LogP contribution in [0.3, 0.4) is 0 Å². The molecule has 94 valence electrons. The van der Waals surface area contributed by atoms with Crippen molar-refractivity contribution >= 4 is 21.6 Å². The van der Waals surface area contributed by atoms with Crippen LogP contribution in [0.5, 0.6) is 5.75 Å². The van der Waals surface area contributed by atoms with Crippen molar-refractivity contribution in [3.8, 4) is 5.75 Å². The summed E-state index contributed by atoms with van der Waals surface area (Å²) in [5.41, 5.74) is 1.87. The van der Waals surface area contributed by atoms with E-state index >= 15 is 0 Å². The van der Waals surface area contributed by atoms with Gasteiger partial charge in [0.2, 0.25) is 0 Å². The molecule has 1 atom stereocenters. The summed E-state index contributed by atoms with van der Waals surface area (Å²) in [6.45, 7) is 2.04. The lowest BCUT2D eigenvalue weighted by Gasteiger charge is -2.15. The van der Waals surface area contributed by atoms with Gasteiger partial charge in [-0.2, -0.15) is 0 Å². The second-order valence-corrected chi connectivity index (χ2v) is 4.79. The maximum Gasteiger partial charge on any atom is 0.122 e. The molecule has 0 aliphatic carbocycles. The Hall–Kier alpha value is -1.62. The number of rotatable bonds is 4. The number of ether oxygens (including phenoxy) is 1. The number of halogens is 1. The summed E-state index contributed by atoms with van der Waals surface area (Å²) in [6.07, 6.45) is 5.11. The number of hydrogen-bond acceptors (Lipinski definition) is 4. The van der Waals surface area contributed by atoms with Crippen LogP contribution in [-0.2, 0) is 0 Å². The highest BCUT2D eigenvalue weighted by Crippen LogP contribution is 2.26. The van der Waals surface area contributed by atoms with Crippen molar-refractivity contribution in [1.29, 1.82) is 0 Å². The summed E-state index contributed by atoms with van der Waals surface area (Å²) in [6, 6.07) is 5.93. The van der Waals surface area contributed by atoms with E-state index < -0.39 is 0 Å². The first-order valence-electron chi connectivity index (χ1n) is 5.56. The van der Waals surface area contributed by atoms with Gasteiger partial charge < -0.3 is 10.1 Å². The molecule has 1 unspecified atom stereocenters. The predicted molar refractivity (Wildman–Crippen MR) is 74.8 cm³/mol. The number of benzene rings is 1. The topological polar surface area (TPSA) is 47.0 Å². The SMILES string of the molecule is COc1cc(Br)cc(NC(C)c2cnccn2)c1. The van der Waals surface area contributed by atoms with Crippen molar-refractivity contribution in [3.05, 3.63) is 47.0 Å². The van der Waals surface area contributed by atoms with E-state index in [4.69, 9.17) is 4.74 Å². The predicted octanol–water partition coefficient (Wildman–Crippen LogP) is 3.42. The molecule has 0 radical (unpaired) electrons. The fraction of sp³-hybridized carbons (Fsp3) is 0.231. The van der Waals surface area contributed by atoms with Gasteiger partial charge in [-0.25, -0.2) is 0 Å². The van der Waals surface area contributed by atoms with Crippen LogP contribution in [0.15, 0.2) is 41.3 Å². The Morgan fingerprint density at radius 3 is 2.78 bits per heavy atom. The second-order valence-electron chi connectivity index (χ2n) is 3.88. The fourth-order valence-corrected chi connectivity index (χ4v) is 2.09. The molecule has 4 nitrogen and oxygen atoms in total. The van der Waals surface area contributed by atoms with E-state index in [-0.39, 0.29) is 6.04 Å². The number of hydrogen-bond donors (Lipinski definition) is 1. The zero-order chi connectivity index (χ0) is 13.0. The van der Waals surface area contributed by atoms with Gasteiger partial charge >= 0.3 is 0 Å². The number of methoxy groups -OCH3 is 1. The minimum atomic E-state index is 0.0812. The van der Waals surface area contributed by atoms with E-state index in [1.54, 1.807) is 25.7 Å². The summed E-state index contributed by atoms with van der Waals surface area (Å²) in [4.78, 5) is 8.33. The Morgan fingerprint density at radius 2 is 2.11 bits per heavy atom. The Bertz CT molecular complexity index is 519. The molecule has 0 aliphatic heterocycles. The standard InChI is InChI=1S/C13H14BrN3O/c1-9(13-8-15-3-4-16-13)17-11-5-10(14)6-12(7-11)18-2/h3-9,17H,1-2H3. The summed E-state index contributed by atoms with van der Waals surface area (Å²) >= 11 is 3.45. The maximum absolute atomic E-state index is 5.22. The normalized spacial score (nSPS) is 11.9. The van der Waals surface area contributed by atoms with Crippen LogP contribution in [0.1, 0.15) is 18.7 Å². The number of nitrogens with one attached hydrogen (secondary N) is 1. The third-order valence-corrected chi connectivity index (χ3v) is 2.97. The maximum atomic E-state index is 5.22. The third-order valence-electron chi connectivity index (χ3n) is 2.52. The number of aromatic nitrogens is 2. The monoisotopic (exact) mass is 307 g/mol. The summed E-state index contributed by atoms with van der Waals surface area (Å²) in [5.74, 6) is 0.804. The van der Waals surface area contributed by atoms with Gasteiger partial charge in [0.15, 0.2) is 0 Å². The lowest BCUT2D eigenvalue weighted by atomic mass is 10.2. The molecular formula is C13H14BrN3O. The van der Waals surface area contributed by atoms with Gasteiger partial charge in [-0.15, -0.1) is 0 Å². The molecule has 18 heavy (non-hydrogen) atoms. The Morgan fingerprint density at radius 1 is 1.28 bits per heavy atom. The lowest BCUT2D eigenvalue weighted by molar-refractivity contribution is 0.414. The Balaban J connectivity index is 2.16. The first-order chi connectivity index (χ1) is 8.69. The Kier molecular flexibility index (Phi) is 4.15. The van der Waals surface area contributed by atoms with Crippen LogP contribution in [0.4, 0.5) is 5.69 Å². The van der Waals surface area contributed by atoms with Crippen molar-refractivity contribution in [1.82, 2.24) is 9.97 Å². The van der Waals surface area contributed by atoms with E-state index in [1.807, 2.05) is 25.1 Å². The smallest absolute Gasteiger partial charge is 0.122 e. The molecule has 2 aromatic rings. The van der Waals surface area contributed by atoms with Crippen LogP contribution < -0.4 is 10.1 Å². The molecule has 5 heteroatoms. The third kappa shape index (κ3) is 3.20. The largest absolute Gasteiger partial charge is 0.497 e. The van der Waals surface area contributed by atoms with Crippen LogP contribution >= 0.6 is 15.9 Å². The van der Waals surface area contributed by atoms with Crippen molar-refractivity contribution in [2.45, 2.75) is 13.0 Å². The van der Waals surface area contributed by atoms with Gasteiger partial charge in [-0.05, 0) is 19.1 Å². The number of anilines is 1. The zero-order valence-electron chi connectivity index (χ0n) is 10.2. The van der Waals surface area contributed by atoms with E-state index in [0.29, 0.717) is 0 Å². The first kappa shape index (κ1) is 12.8. The van der Waals surface area contributed by atoms with E-state index in [2.05, 4.69) is 31.2 Å². The van der Waals surface area contributed by atoms with Gasteiger partial charge in [-0.1, -0.05) is 15.9 Å². The molecule has 0 amide bonds. The number of nitrogens with zero attached hydrogens (tertiary/aromatic N) is 2. The first-order valence-corrected chi connectivity index (χ1v) is 6.35. The van der Waals surface area contributed by atoms with Gasteiger partial charge in [0.05, 0.1) is 25.0 Å². The molecule has 0 saturated carbocycles. The van der Waals surface area contributed by atoms with E-state index in [9.17, 15) is 0 Å².